The Kier molecular flexibility index (Phi) is 4.29. The molecule has 25 heavy (non-hydrogen) atoms. The standard InChI is InChI=1S/C19H18O5S/c1-11-16(25-12-6-3-2-4-7-12)19(24-17(11)20)22-10-14-13-8-5-9-15(13)23-18(14)21/h2-7,9-11,13,15-16,19H,8H2,1H3/b14-10+/t11-,13+,15+,16-,19-/m0/s1. The number of esters is 2. The highest BCUT2D eigenvalue weighted by atomic mass is 32.2. The molecule has 0 aromatic heterocycles. The van der Waals surface area contributed by atoms with Crippen molar-refractivity contribution in [3.8, 4) is 0 Å². The van der Waals surface area contributed by atoms with Gasteiger partial charge in [-0.3, -0.25) is 4.79 Å². The summed E-state index contributed by atoms with van der Waals surface area (Å²) in [6.07, 6.45) is 5.17. The number of thioether (sulfide) groups is 1. The van der Waals surface area contributed by atoms with E-state index in [1.54, 1.807) is 11.8 Å². The first-order valence-electron chi connectivity index (χ1n) is 8.29. The number of cyclic esters (lactones) is 1. The Morgan fingerprint density at radius 1 is 1.20 bits per heavy atom. The van der Waals surface area contributed by atoms with E-state index >= 15 is 0 Å². The van der Waals surface area contributed by atoms with Crippen molar-refractivity contribution in [1.29, 1.82) is 0 Å². The van der Waals surface area contributed by atoms with Gasteiger partial charge in [-0.2, -0.15) is 0 Å². The maximum absolute atomic E-state index is 12.0. The summed E-state index contributed by atoms with van der Waals surface area (Å²) in [6, 6.07) is 9.81. The number of allylic oxidation sites excluding steroid dienone is 1. The Morgan fingerprint density at radius 3 is 2.80 bits per heavy atom. The van der Waals surface area contributed by atoms with Crippen LogP contribution in [0.25, 0.3) is 0 Å². The Balaban J connectivity index is 1.49. The minimum atomic E-state index is -0.721. The van der Waals surface area contributed by atoms with Crippen molar-refractivity contribution in [3.63, 3.8) is 0 Å². The van der Waals surface area contributed by atoms with Gasteiger partial charge in [0.2, 0.25) is 0 Å². The van der Waals surface area contributed by atoms with Gasteiger partial charge in [-0.15, -0.1) is 11.8 Å². The number of benzene rings is 1. The highest BCUT2D eigenvalue weighted by Crippen LogP contribution is 2.39. The van der Waals surface area contributed by atoms with Gasteiger partial charge in [0.15, 0.2) is 0 Å². The average Bonchev–Trinajstić information content (AvgIpc) is 3.24. The lowest BCUT2D eigenvalue weighted by Gasteiger charge is -2.18. The first-order chi connectivity index (χ1) is 12.1. The molecule has 0 amide bonds. The molecule has 0 unspecified atom stereocenters. The summed E-state index contributed by atoms with van der Waals surface area (Å²) in [5.41, 5.74) is 0.508. The number of carbonyl (C=O) groups is 2. The normalized spacial score (nSPS) is 34.9. The molecule has 1 aromatic rings. The van der Waals surface area contributed by atoms with Crippen LogP contribution in [0.15, 0.2) is 59.2 Å². The van der Waals surface area contributed by atoms with Crippen molar-refractivity contribution < 1.29 is 23.8 Å². The third-order valence-corrected chi connectivity index (χ3v) is 6.15. The summed E-state index contributed by atoms with van der Waals surface area (Å²) < 4.78 is 16.4. The maximum Gasteiger partial charge on any atom is 0.338 e. The summed E-state index contributed by atoms with van der Waals surface area (Å²) in [6.45, 7) is 1.83. The van der Waals surface area contributed by atoms with Gasteiger partial charge in [-0.05, 0) is 24.6 Å². The number of carbonyl (C=O) groups excluding carboxylic acids is 2. The number of ether oxygens (including phenoxy) is 3. The molecule has 6 heteroatoms. The maximum atomic E-state index is 12.0. The third-order valence-electron chi connectivity index (χ3n) is 4.70. The van der Waals surface area contributed by atoms with Gasteiger partial charge >= 0.3 is 11.9 Å². The minimum absolute atomic E-state index is 0.00209. The lowest BCUT2D eigenvalue weighted by atomic mass is 9.99. The van der Waals surface area contributed by atoms with E-state index in [-0.39, 0.29) is 35.1 Å². The van der Waals surface area contributed by atoms with Crippen LogP contribution in [0.1, 0.15) is 13.3 Å². The molecule has 0 saturated carbocycles. The molecule has 0 bridgehead atoms. The zero-order valence-corrected chi connectivity index (χ0v) is 14.5. The van der Waals surface area contributed by atoms with Crippen LogP contribution in [-0.2, 0) is 23.8 Å². The van der Waals surface area contributed by atoms with Crippen LogP contribution in [0.5, 0.6) is 0 Å². The van der Waals surface area contributed by atoms with E-state index < -0.39 is 6.29 Å². The zero-order chi connectivity index (χ0) is 17.4. The van der Waals surface area contributed by atoms with Gasteiger partial charge in [-0.25, -0.2) is 4.79 Å². The molecule has 2 saturated heterocycles. The SMILES string of the molecule is C[C@@H]1C(=O)O[C@H](O/C=C2/C(=O)O[C@@H]3C=CC[C@H]23)[C@H]1Sc1ccccc1. The van der Waals surface area contributed by atoms with Crippen LogP contribution in [0.3, 0.4) is 0 Å². The van der Waals surface area contributed by atoms with E-state index in [4.69, 9.17) is 14.2 Å². The number of hydrogen-bond acceptors (Lipinski definition) is 6. The van der Waals surface area contributed by atoms with Crippen LogP contribution in [0, 0.1) is 11.8 Å². The summed E-state index contributed by atoms with van der Waals surface area (Å²) in [5, 5.41) is -0.179. The predicted molar refractivity (Wildman–Crippen MR) is 91.4 cm³/mol. The predicted octanol–water partition coefficient (Wildman–Crippen LogP) is 3.07. The monoisotopic (exact) mass is 358 g/mol. The highest BCUT2D eigenvalue weighted by molar-refractivity contribution is 8.00. The second kappa shape index (κ2) is 6.59. The fourth-order valence-electron chi connectivity index (χ4n) is 3.25. The van der Waals surface area contributed by atoms with Crippen LogP contribution in [-0.4, -0.2) is 29.6 Å². The summed E-state index contributed by atoms with van der Waals surface area (Å²) >= 11 is 1.55. The van der Waals surface area contributed by atoms with E-state index in [9.17, 15) is 9.59 Å². The van der Waals surface area contributed by atoms with E-state index in [0.29, 0.717) is 5.57 Å². The third kappa shape index (κ3) is 3.06. The molecule has 0 N–H and O–H groups in total. The topological polar surface area (TPSA) is 61.8 Å². The minimum Gasteiger partial charge on any atom is -0.461 e. The van der Waals surface area contributed by atoms with Gasteiger partial charge in [0.05, 0.1) is 23.0 Å². The van der Waals surface area contributed by atoms with E-state index in [2.05, 4.69) is 0 Å². The van der Waals surface area contributed by atoms with Crippen molar-refractivity contribution in [2.45, 2.75) is 35.9 Å². The molecule has 4 rings (SSSR count). The lowest BCUT2D eigenvalue weighted by Crippen LogP contribution is -2.24. The molecule has 130 valence electrons. The van der Waals surface area contributed by atoms with Crippen molar-refractivity contribution in [2.75, 3.05) is 0 Å². The smallest absolute Gasteiger partial charge is 0.338 e. The van der Waals surface area contributed by atoms with Crippen LogP contribution >= 0.6 is 11.8 Å². The molecular weight excluding hydrogens is 340 g/mol. The zero-order valence-electron chi connectivity index (χ0n) is 13.7. The van der Waals surface area contributed by atoms with Crippen LogP contribution in [0.4, 0.5) is 0 Å². The summed E-state index contributed by atoms with van der Waals surface area (Å²) in [5.74, 6) is -0.928. The molecule has 1 aromatic carbocycles. The Morgan fingerprint density at radius 2 is 2.00 bits per heavy atom. The molecule has 0 radical (unpaired) electrons. The van der Waals surface area contributed by atoms with Gasteiger partial charge in [0.1, 0.15) is 6.10 Å². The molecule has 5 atom stereocenters. The number of fused-ring (bicyclic) bond motifs is 1. The molecule has 5 nitrogen and oxygen atoms in total. The lowest BCUT2D eigenvalue weighted by molar-refractivity contribution is -0.156. The quantitative estimate of drug-likeness (QED) is 0.357. The first-order valence-corrected chi connectivity index (χ1v) is 9.17. The van der Waals surface area contributed by atoms with Crippen molar-refractivity contribution in [1.82, 2.24) is 0 Å². The first kappa shape index (κ1) is 16.3. The van der Waals surface area contributed by atoms with Gasteiger partial charge in [0, 0.05) is 10.8 Å². The molecule has 2 fully saturated rings. The second-order valence-corrected chi connectivity index (χ2v) is 7.59. The van der Waals surface area contributed by atoms with Crippen LogP contribution in [0.2, 0.25) is 0 Å². The van der Waals surface area contributed by atoms with E-state index in [0.717, 1.165) is 11.3 Å². The van der Waals surface area contributed by atoms with E-state index in [1.807, 2.05) is 49.4 Å². The van der Waals surface area contributed by atoms with E-state index in [1.165, 1.54) is 6.26 Å². The van der Waals surface area contributed by atoms with Crippen molar-refractivity contribution >= 4 is 23.7 Å². The van der Waals surface area contributed by atoms with Gasteiger partial charge < -0.3 is 14.2 Å². The molecule has 3 aliphatic rings. The molecular formula is C19H18O5S. The molecule has 2 aliphatic heterocycles. The highest BCUT2D eigenvalue weighted by Gasteiger charge is 2.45. The molecule has 0 spiro atoms. The summed E-state index contributed by atoms with van der Waals surface area (Å²) in [7, 11) is 0. The van der Waals surface area contributed by atoms with Crippen molar-refractivity contribution in [2.24, 2.45) is 11.8 Å². The fourth-order valence-corrected chi connectivity index (χ4v) is 4.42. The average molecular weight is 358 g/mol. The fraction of sp³-hybridized carbons (Fsp3) is 0.368. The van der Waals surface area contributed by atoms with Crippen molar-refractivity contribution in [3.05, 3.63) is 54.3 Å². The number of hydrogen-bond donors (Lipinski definition) is 0. The summed E-state index contributed by atoms with van der Waals surface area (Å²) in [4.78, 5) is 25.0. The largest absolute Gasteiger partial charge is 0.461 e. The van der Waals surface area contributed by atoms with Crippen LogP contribution < -0.4 is 0 Å². The molecule has 1 aliphatic carbocycles. The Labute approximate surface area is 150 Å². The molecule has 2 heterocycles. The second-order valence-electron chi connectivity index (χ2n) is 6.34. The Bertz CT molecular complexity index is 741. The Hall–Kier alpha value is -2.21. The number of rotatable bonds is 4. The van der Waals surface area contributed by atoms with Gasteiger partial charge in [0.25, 0.3) is 6.29 Å². The van der Waals surface area contributed by atoms with Gasteiger partial charge in [-0.1, -0.05) is 31.2 Å².